The van der Waals surface area contributed by atoms with Gasteiger partial charge in [0.2, 0.25) is 0 Å². The molecule has 2 rings (SSSR count). The van der Waals surface area contributed by atoms with E-state index in [0.29, 0.717) is 5.41 Å². The van der Waals surface area contributed by atoms with Crippen LogP contribution >= 0.6 is 0 Å². The van der Waals surface area contributed by atoms with E-state index in [0.717, 1.165) is 12.8 Å². The number of aliphatic hydroxyl groups is 1. The van der Waals surface area contributed by atoms with Gasteiger partial charge in [0, 0.05) is 18.5 Å². The fourth-order valence-corrected chi connectivity index (χ4v) is 2.89. The minimum Gasteiger partial charge on any atom is -0.390 e. The summed E-state index contributed by atoms with van der Waals surface area (Å²) in [6.45, 7) is 4.34. The highest BCUT2D eigenvalue weighted by atomic mass is 16.3. The number of nitrogens with zero attached hydrogens (tertiary/aromatic N) is 1. The SMILES string of the molecule is CN1CC2(C1)CC(C)(O)C2. The second-order valence-corrected chi connectivity index (χ2v) is 4.52. The molecule has 1 saturated carbocycles. The van der Waals surface area contributed by atoms with Crippen LogP contribution in [0.4, 0.5) is 0 Å². The Balaban J connectivity index is 1.91. The molecule has 1 aliphatic carbocycles. The molecule has 1 N–H and O–H groups in total. The number of rotatable bonds is 0. The molecule has 1 spiro atoms. The Hall–Kier alpha value is -0.0800. The first kappa shape index (κ1) is 6.62. The lowest BCUT2D eigenvalue weighted by molar-refractivity contribution is -0.174. The number of hydrogen-bond acceptors (Lipinski definition) is 2. The van der Waals surface area contributed by atoms with E-state index in [-0.39, 0.29) is 5.60 Å². The highest BCUT2D eigenvalue weighted by Crippen LogP contribution is 2.53. The molecule has 10 heavy (non-hydrogen) atoms. The Bertz CT molecular complexity index is 149. The van der Waals surface area contributed by atoms with Gasteiger partial charge in [-0.15, -0.1) is 0 Å². The molecule has 0 aromatic heterocycles. The zero-order chi connectivity index (χ0) is 7.41. The van der Waals surface area contributed by atoms with Gasteiger partial charge in [-0.05, 0) is 26.8 Å². The van der Waals surface area contributed by atoms with Crippen molar-refractivity contribution in [3.05, 3.63) is 0 Å². The van der Waals surface area contributed by atoms with Crippen molar-refractivity contribution in [2.75, 3.05) is 20.1 Å². The third-order valence-electron chi connectivity index (χ3n) is 2.72. The van der Waals surface area contributed by atoms with Crippen LogP contribution in [0.1, 0.15) is 19.8 Å². The minimum atomic E-state index is -0.332. The van der Waals surface area contributed by atoms with Gasteiger partial charge >= 0.3 is 0 Å². The molecule has 0 radical (unpaired) electrons. The molecule has 2 aliphatic rings. The maximum absolute atomic E-state index is 9.48. The topological polar surface area (TPSA) is 23.5 Å². The van der Waals surface area contributed by atoms with Crippen LogP contribution in [0.15, 0.2) is 0 Å². The molecule has 2 nitrogen and oxygen atoms in total. The van der Waals surface area contributed by atoms with Gasteiger partial charge < -0.3 is 10.0 Å². The summed E-state index contributed by atoms with van der Waals surface area (Å²) in [6, 6.07) is 0. The first-order valence-electron chi connectivity index (χ1n) is 3.92. The number of hydrogen-bond donors (Lipinski definition) is 1. The smallest absolute Gasteiger partial charge is 0.0632 e. The highest BCUT2D eigenvalue weighted by molar-refractivity contribution is 5.09. The second-order valence-electron chi connectivity index (χ2n) is 4.52. The summed E-state index contributed by atoms with van der Waals surface area (Å²) in [5.41, 5.74) is 0.194. The van der Waals surface area contributed by atoms with E-state index in [9.17, 15) is 5.11 Å². The molecule has 2 fully saturated rings. The van der Waals surface area contributed by atoms with Crippen LogP contribution in [-0.2, 0) is 0 Å². The average molecular weight is 141 g/mol. The van der Waals surface area contributed by atoms with E-state index in [1.54, 1.807) is 0 Å². The van der Waals surface area contributed by atoms with Gasteiger partial charge in [-0.3, -0.25) is 0 Å². The first-order valence-corrected chi connectivity index (χ1v) is 3.92. The third-order valence-corrected chi connectivity index (χ3v) is 2.72. The molecule has 58 valence electrons. The Morgan fingerprint density at radius 3 is 2.10 bits per heavy atom. The summed E-state index contributed by atoms with van der Waals surface area (Å²) >= 11 is 0. The Labute approximate surface area is 61.8 Å². The van der Waals surface area contributed by atoms with Crippen molar-refractivity contribution in [3.63, 3.8) is 0 Å². The number of likely N-dealkylation sites (tertiary alicyclic amines) is 1. The fourth-order valence-electron chi connectivity index (χ4n) is 2.89. The van der Waals surface area contributed by atoms with E-state index in [2.05, 4.69) is 11.9 Å². The molecular weight excluding hydrogens is 126 g/mol. The largest absolute Gasteiger partial charge is 0.390 e. The molecule has 0 bridgehead atoms. The van der Waals surface area contributed by atoms with E-state index in [1.807, 2.05) is 6.92 Å². The molecule has 1 aliphatic heterocycles. The van der Waals surface area contributed by atoms with Crippen LogP contribution < -0.4 is 0 Å². The van der Waals surface area contributed by atoms with Crippen molar-refractivity contribution in [2.45, 2.75) is 25.4 Å². The molecule has 0 unspecified atom stereocenters. The monoisotopic (exact) mass is 141 g/mol. The van der Waals surface area contributed by atoms with Crippen LogP contribution in [-0.4, -0.2) is 35.7 Å². The average Bonchev–Trinajstić information content (AvgIpc) is 1.55. The van der Waals surface area contributed by atoms with Crippen molar-refractivity contribution in [2.24, 2.45) is 5.41 Å². The van der Waals surface area contributed by atoms with Crippen LogP contribution in [0.5, 0.6) is 0 Å². The Kier molecular flexibility index (Phi) is 1.03. The van der Waals surface area contributed by atoms with Crippen molar-refractivity contribution in [1.29, 1.82) is 0 Å². The maximum Gasteiger partial charge on any atom is 0.0632 e. The lowest BCUT2D eigenvalue weighted by Crippen LogP contribution is -2.66. The van der Waals surface area contributed by atoms with Crippen LogP contribution in [0.3, 0.4) is 0 Å². The Morgan fingerprint density at radius 1 is 1.30 bits per heavy atom. The zero-order valence-electron chi connectivity index (χ0n) is 6.72. The molecule has 0 aromatic carbocycles. The standard InChI is InChI=1S/C8H15NO/c1-7(10)3-8(4-7)5-9(2)6-8/h10H,3-6H2,1-2H3. The third kappa shape index (κ3) is 0.789. The lowest BCUT2D eigenvalue weighted by Gasteiger charge is -2.61. The summed E-state index contributed by atoms with van der Waals surface area (Å²) in [5.74, 6) is 0. The predicted octanol–water partition coefficient (Wildman–Crippen LogP) is 0.463. The van der Waals surface area contributed by atoms with Crippen LogP contribution in [0, 0.1) is 5.41 Å². The Morgan fingerprint density at radius 2 is 1.80 bits per heavy atom. The van der Waals surface area contributed by atoms with Gasteiger partial charge in [-0.1, -0.05) is 0 Å². The molecule has 1 saturated heterocycles. The molecule has 0 aromatic rings. The van der Waals surface area contributed by atoms with Gasteiger partial charge in [-0.2, -0.15) is 0 Å². The van der Waals surface area contributed by atoms with Gasteiger partial charge in [-0.25, -0.2) is 0 Å². The molecular formula is C8H15NO. The van der Waals surface area contributed by atoms with E-state index >= 15 is 0 Å². The van der Waals surface area contributed by atoms with E-state index in [4.69, 9.17) is 0 Å². The van der Waals surface area contributed by atoms with Crippen molar-refractivity contribution in [3.8, 4) is 0 Å². The maximum atomic E-state index is 9.48. The molecule has 0 amide bonds. The molecule has 1 heterocycles. The predicted molar refractivity (Wildman–Crippen MR) is 39.8 cm³/mol. The summed E-state index contributed by atoms with van der Waals surface area (Å²) in [7, 11) is 2.14. The molecule has 2 heteroatoms. The zero-order valence-corrected chi connectivity index (χ0v) is 6.72. The van der Waals surface area contributed by atoms with Gasteiger partial charge in [0.1, 0.15) is 0 Å². The van der Waals surface area contributed by atoms with Gasteiger partial charge in [0.15, 0.2) is 0 Å². The van der Waals surface area contributed by atoms with Crippen molar-refractivity contribution >= 4 is 0 Å². The first-order chi connectivity index (χ1) is 4.52. The minimum absolute atomic E-state index is 0.332. The summed E-state index contributed by atoms with van der Waals surface area (Å²) in [6.07, 6.45) is 2.04. The lowest BCUT2D eigenvalue weighted by atomic mass is 9.56. The second kappa shape index (κ2) is 1.56. The van der Waals surface area contributed by atoms with Crippen LogP contribution in [0.2, 0.25) is 0 Å². The normalized spacial score (nSPS) is 35.1. The summed E-state index contributed by atoms with van der Waals surface area (Å²) in [4.78, 5) is 2.31. The van der Waals surface area contributed by atoms with Gasteiger partial charge in [0.25, 0.3) is 0 Å². The van der Waals surface area contributed by atoms with E-state index < -0.39 is 0 Å². The van der Waals surface area contributed by atoms with E-state index in [1.165, 1.54) is 13.1 Å². The van der Waals surface area contributed by atoms with Crippen LogP contribution in [0.25, 0.3) is 0 Å². The molecule has 0 atom stereocenters. The van der Waals surface area contributed by atoms with Crippen molar-refractivity contribution in [1.82, 2.24) is 4.90 Å². The highest BCUT2D eigenvalue weighted by Gasteiger charge is 2.56. The summed E-state index contributed by atoms with van der Waals surface area (Å²) in [5, 5.41) is 9.48. The van der Waals surface area contributed by atoms with Crippen molar-refractivity contribution < 1.29 is 5.11 Å². The fraction of sp³-hybridized carbons (Fsp3) is 1.00. The summed E-state index contributed by atoms with van der Waals surface area (Å²) < 4.78 is 0. The quantitative estimate of drug-likeness (QED) is 0.530. The van der Waals surface area contributed by atoms with Gasteiger partial charge in [0.05, 0.1) is 5.60 Å².